The topological polar surface area (TPSA) is 75.8 Å². The molecule has 2 atom stereocenters. The van der Waals surface area contributed by atoms with Crippen molar-refractivity contribution in [2.45, 2.75) is 25.1 Å². The van der Waals surface area contributed by atoms with Gasteiger partial charge in [-0.15, -0.1) is 12.4 Å². The largest absolute Gasteiger partial charge is 0.445 e. The lowest BCUT2D eigenvalue weighted by atomic mass is 10.2. The standard InChI is InChI=1S/C13H18N2O3.ClH/c14-11-6-12(8-16)15(7-11)13(17)18-9-10-4-2-1-3-5-10;/h1-5,11-12,16H,6-9,14H2;1H/t11-,12-;/m0./s1. The summed E-state index contributed by atoms with van der Waals surface area (Å²) >= 11 is 0. The Kier molecular flexibility index (Phi) is 6.08. The number of likely N-dealkylation sites (tertiary alicyclic amines) is 1. The molecule has 1 heterocycles. The van der Waals surface area contributed by atoms with Crippen LogP contribution in [0.4, 0.5) is 4.79 Å². The molecule has 2 rings (SSSR count). The second kappa shape index (κ2) is 7.33. The Balaban J connectivity index is 0.00000180. The number of ether oxygens (including phenoxy) is 1. The molecule has 0 spiro atoms. The second-order valence-electron chi connectivity index (χ2n) is 4.52. The number of hydrogen-bond donors (Lipinski definition) is 2. The van der Waals surface area contributed by atoms with E-state index in [4.69, 9.17) is 10.5 Å². The van der Waals surface area contributed by atoms with Crippen LogP contribution in [-0.4, -0.2) is 41.3 Å². The molecule has 1 aromatic carbocycles. The highest BCUT2D eigenvalue weighted by atomic mass is 35.5. The van der Waals surface area contributed by atoms with Crippen LogP contribution in [0.1, 0.15) is 12.0 Å². The first-order chi connectivity index (χ1) is 8.70. The van der Waals surface area contributed by atoms with Crippen molar-refractivity contribution in [3.63, 3.8) is 0 Å². The molecule has 0 aliphatic carbocycles. The summed E-state index contributed by atoms with van der Waals surface area (Å²) in [6.07, 6.45) is 0.211. The van der Waals surface area contributed by atoms with E-state index in [1.54, 1.807) is 0 Å². The van der Waals surface area contributed by atoms with Gasteiger partial charge in [-0.25, -0.2) is 4.79 Å². The highest BCUT2D eigenvalue weighted by molar-refractivity contribution is 5.85. The highest BCUT2D eigenvalue weighted by Gasteiger charge is 2.33. The molecule has 1 fully saturated rings. The van der Waals surface area contributed by atoms with Gasteiger partial charge in [0.05, 0.1) is 12.6 Å². The third-order valence-corrected chi connectivity index (χ3v) is 3.10. The second-order valence-corrected chi connectivity index (χ2v) is 4.52. The number of benzene rings is 1. The molecule has 3 N–H and O–H groups in total. The summed E-state index contributed by atoms with van der Waals surface area (Å²) < 4.78 is 5.21. The van der Waals surface area contributed by atoms with Crippen LogP contribution < -0.4 is 5.73 Å². The van der Waals surface area contributed by atoms with Crippen LogP contribution >= 0.6 is 12.4 Å². The molecular formula is C13H19ClN2O3. The predicted molar refractivity (Wildman–Crippen MR) is 74.0 cm³/mol. The molecule has 1 aromatic rings. The number of aliphatic hydroxyl groups is 1. The van der Waals surface area contributed by atoms with Gasteiger partial charge in [-0.1, -0.05) is 30.3 Å². The van der Waals surface area contributed by atoms with Crippen LogP contribution in [-0.2, 0) is 11.3 Å². The maximum Gasteiger partial charge on any atom is 0.410 e. The Morgan fingerprint density at radius 1 is 1.42 bits per heavy atom. The molecule has 0 unspecified atom stereocenters. The molecule has 0 radical (unpaired) electrons. The molecule has 1 aliphatic rings. The number of nitrogens with two attached hydrogens (primary N) is 1. The molecule has 0 aromatic heterocycles. The van der Waals surface area contributed by atoms with Crippen molar-refractivity contribution < 1.29 is 14.6 Å². The Labute approximate surface area is 118 Å². The number of aliphatic hydroxyl groups excluding tert-OH is 1. The lowest BCUT2D eigenvalue weighted by Crippen LogP contribution is -2.38. The molecule has 0 saturated carbocycles. The van der Waals surface area contributed by atoms with Gasteiger partial charge in [0.2, 0.25) is 0 Å². The van der Waals surface area contributed by atoms with Gasteiger partial charge in [-0.05, 0) is 12.0 Å². The number of rotatable bonds is 3. The highest BCUT2D eigenvalue weighted by Crippen LogP contribution is 2.17. The van der Waals surface area contributed by atoms with E-state index in [0.29, 0.717) is 13.0 Å². The van der Waals surface area contributed by atoms with Crippen molar-refractivity contribution in [2.24, 2.45) is 5.73 Å². The Hall–Kier alpha value is -1.30. The van der Waals surface area contributed by atoms with E-state index in [-0.39, 0.29) is 37.7 Å². The Morgan fingerprint density at radius 2 is 2.11 bits per heavy atom. The summed E-state index contributed by atoms with van der Waals surface area (Å²) in [6.45, 7) is 0.608. The van der Waals surface area contributed by atoms with E-state index in [2.05, 4.69) is 0 Å². The normalized spacial score (nSPS) is 21.9. The van der Waals surface area contributed by atoms with Gasteiger partial charge >= 0.3 is 6.09 Å². The van der Waals surface area contributed by atoms with E-state index in [1.165, 1.54) is 4.90 Å². The molecule has 0 bridgehead atoms. The summed E-state index contributed by atoms with van der Waals surface area (Å²) in [7, 11) is 0. The molecule has 1 aliphatic heterocycles. The van der Waals surface area contributed by atoms with Gasteiger partial charge in [0.25, 0.3) is 0 Å². The minimum atomic E-state index is -0.411. The van der Waals surface area contributed by atoms with Crippen LogP contribution in [0.2, 0.25) is 0 Å². The third kappa shape index (κ3) is 4.09. The van der Waals surface area contributed by atoms with Crippen molar-refractivity contribution in [1.29, 1.82) is 0 Å². The molecule has 19 heavy (non-hydrogen) atoms. The lowest BCUT2D eigenvalue weighted by Gasteiger charge is -2.22. The van der Waals surface area contributed by atoms with Crippen LogP contribution in [0.15, 0.2) is 30.3 Å². The fourth-order valence-electron chi connectivity index (χ4n) is 2.15. The molecule has 1 saturated heterocycles. The monoisotopic (exact) mass is 286 g/mol. The number of halogens is 1. The summed E-state index contributed by atoms with van der Waals surface area (Å²) in [4.78, 5) is 13.4. The van der Waals surface area contributed by atoms with Crippen LogP contribution in [0.3, 0.4) is 0 Å². The first-order valence-corrected chi connectivity index (χ1v) is 6.04. The van der Waals surface area contributed by atoms with Crippen molar-refractivity contribution in [1.82, 2.24) is 4.90 Å². The van der Waals surface area contributed by atoms with Gasteiger partial charge in [0.15, 0.2) is 0 Å². The summed E-state index contributed by atoms with van der Waals surface area (Å²) in [5.41, 5.74) is 6.72. The minimum absolute atomic E-state index is 0. The van der Waals surface area contributed by atoms with Gasteiger partial charge in [0, 0.05) is 12.6 Å². The zero-order valence-electron chi connectivity index (χ0n) is 10.6. The molecular weight excluding hydrogens is 268 g/mol. The van der Waals surface area contributed by atoms with Gasteiger partial charge in [-0.2, -0.15) is 0 Å². The maximum absolute atomic E-state index is 11.9. The average molecular weight is 287 g/mol. The van der Waals surface area contributed by atoms with Crippen LogP contribution in [0, 0.1) is 0 Å². The third-order valence-electron chi connectivity index (χ3n) is 3.10. The molecule has 1 amide bonds. The van der Waals surface area contributed by atoms with E-state index in [1.807, 2.05) is 30.3 Å². The maximum atomic E-state index is 11.9. The number of hydrogen-bond acceptors (Lipinski definition) is 4. The summed E-state index contributed by atoms with van der Waals surface area (Å²) in [5.74, 6) is 0. The zero-order valence-corrected chi connectivity index (χ0v) is 11.4. The first-order valence-electron chi connectivity index (χ1n) is 6.04. The van der Waals surface area contributed by atoms with E-state index < -0.39 is 6.09 Å². The van der Waals surface area contributed by atoms with E-state index >= 15 is 0 Å². The summed E-state index contributed by atoms with van der Waals surface area (Å²) in [5, 5.41) is 9.18. The predicted octanol–water partition coefficient (Wildman–Crippen LogP) is 1.14. The van der Waals surface area contributed by atoms with Crippen molar-refractivity contribution in [3.8, 4) is 0 Å². The van der Waals surface area contributed by atoms with Gasteiger partial charge < -0.3 is 20.5 Å². The van der Waals surface area contributed by atoms with Crippen LogP contribution in [0.25, 0.3) is 0 Å². The van der Waals surface area contributed by atoms with Crippen LogP contribution in [0.5, 0.6) is 0 Å². The number of carbonyl (C=O) groups excluding carboxylic acids is 1. The average Bonchev–Trinajstić information content (AvgIpc) is 2.78. The van der Waals surface area contributed by atoms with Gasteiger partial charge in [-0.3, -0.25) is 0 Å². The Bertz CT molecular complexity index is 402. The molecule has 5 nitrogen and oxygen atoms in total. The number of amides is 1. The minimum Gasteiger partial charge on any atom is -0.445 e. The number of nitrogens with zero attached hydrogens (tertiary/aromatic N) is 1. The summed E-state index contributed by atoms with van der Waals surface area (Å²) in [6, 6.07) is 9.19. The van der Waals surface area contributed by atoms with Crippen molar-refractivity contribution in [3.05, 3.63) is 35.9 Å². The van der Waals surface area contributed by atoms with E-state index in [9.17, 15) is 9.90 Å². The Morgan fingerprint density at radius 3 is 2.74 bits per heavy atom. The molecule has 6 heteroatoms. The number of carbonyl (C=O) groups is 1. The first kappa shape index (κ1) is 15.8. The lowest BCUT2D eigenvalue weighted by molar-refractivity contribution is 0.0794. The smallest absolute Gasteiger partial charge is 0.410 e. The fourth-order valence-corrected chi connectivity index (χ4v) is 2.15. The quantitative estimate of drug-likeness (QED) is 0.874. The van der Waals surface area contributed by atoms with Crippen molar-refractivity contribution >= 4 is 18.5 Å². The fraction of sp³-hybridized carbons (Fsp3) is 0.462. The SMILES string of the molecule is Cl.N[C@H]1C[C@@H](CO)N(C(=O)OCc2ccccc2)C1. The molecule has 106 valence electrons. The van der Waals surface area contributed by atoms with Gasteiger partial charge in [0.1, 0.15) is 6.61 Å². The van der Waals surface area contributed by atoms with Crippen molar-refractivity contribution in [2.75, 3.05) is 13.2 Å². The zero-order chi connectivity index (χ0) is 13.0. The van der Waals surface area contributed by atoms with E-state index in [0.717, 1.165) is 5.56 Å².